The van der Waals surface area contributed by atoms with Gasteiger partial charge < -0.3 is 20.3 Å². The summed E-state index contributed by atoms with van der Waals surface area (Å²) < 4.78 is 5.59. The topological polar surface area (TPSA) is 41.7 Å². The van der Waals surface area contributed by atoms with Crippen molar-refractivity contribution >= 4 is 0 Å². The van der Waals surface area contributed by atoms with Gasteiger partial charge in [-0.15, -0.1) is 0 Å². The molecule has 0 amide bonds. The first-order valence-electron chi connectivity index (χ1n) is 6.87. The minimum atomic E-state index is 0.230. The van der Waals surface area contributed by atoms with E-state index >= 15 is 0 Å². The van der Waals surface area contributed by atoms with Crippen molar-refractivity contribution in [1.82, 2.24) is 9.80 Å². The highest BCUT2D eigenvalue weighted by atomic mass is 16.5. The summed E-state index contributed by atoms with van der Waals surface area (Å²) in [5.41, 5.74) is 5.69. The van der Waals surface area contributed by atoms with Gasteiger partial charge in [-0.05, 0) is 53.4 Å². The zero-order chi connectivity index (χ0) is 12.7. The molecule has 0 saturated carbocycles. The Morgan fingerprint density at radius 1 is 1.41 bits per heavy atom. The lowest BCUT2D eigenvalue weighted by Crippen LogP contribution is -2.43. The van der Waals surface area contributed by atoms with Crippen LogP contribution in [0.2, 0.25) is 0 Å². The average molecular weight is 243 g/mol. The number of likely N-dealkylation sites (tertiary alicyclic amines) is 1. The van der Waals surface area contributed by atoms with Crippen LogP contribution in [0.15, 0.2) is 0 Å². The standard InChI is InChI=1S/C13H29N3O/c1-4-17-13(11-14)7-10-16(3)12-5-8-15(2)9-6-12/h12-13H,4-11,14H2,1-3H3. The first-order chi connectivity index (χ1) is 8.17. The van der Waals surface area contributed by atoms with Crippen LogP contribution in [0.4, 0.5) is 0 Å². The van der Waals surface area contributed by atoms with E-state index in [-0.39, 0.29) is 6.10 Å². The minimum Gasteiger partial charge on any atom is -0.377 e. The van der Waals surface area contributed by atoms with Gasteiger partial charge in [-0.3, -0.25) is 0 Å². The molecule has 1 saturated heterocycles. The van der Waals surface area contributed by atoms with E-state index in [1.807, 2.05) is 6.92 Å². The fourth-order valence-corrected chi connectivity index (χ4v) is 2.47. The Morgan fingerprint density at radius 2 is 2.06 bits per heavy atom. The second-order valence-corrected chi connectivity index (χ2v) is 5.12. The smallest absolute Gasteiger partial charge is 0.0709 e. The van der Waals surface area contributed by atoms with Crippen molar-refractivity contribution in [2.24, 2.45) is 5.73 Å². The van der Waals surface area contributed by atoms with Crippen LogP contribution in [0.1, 0.15) is 26.2 Å². The molecule has 4 heteroatoms. The quantitative estimate of drug-likeness (QED) is 0.717. The van der Waals surface area contributed by atoms with Crippen molar-refractivity contribution in [2.45, 2.75) is 38.3 Å². The van der Waals surface area contributed by atoms with E-state index in [0.29, 0.717) is 6.54 Å². The van der Waals surface area contributed by atoms with Gasteiger partial charge in [-0.1, -0.05) is 0 Å². The van der Waals surface area contributed by atoms with Crippen LogP contribution in [-0.4, -0.2) is 68.8 Å². The van der Waals surface area contributed by atoms with Gasteiger partial charge in [0.1, 0.15) is 0 Å². The number of hydrogen-bond donors (Lipinski definition) is 1. The van der Waals surface area contributed by atoms with Crippen molar-refractivity contribution in [3.63, 3.8) is 0 Å². The molecule has 0 radical (unpaired) electrons. The summed E-state index contributed by atoms with van der Waals surface area (Å²) in [7, 11) is 4.44. The van der Waals surface area contributed by atoms with Gasteiger partial charge in [0.15, 0.2) is 0 Å². The van der Waals surface area contributed by atoms with E-state index < -0.39 is 0 Å². The number of nitrogens with two attached hydrogens (primary N) is 1. The maximum atomic E-state index is 5.69. The predicted octanol–water partition coefficient (Wildman–Crippen LogP) is 0.766. The van der Waals surface area contributed by atoms with Gasteiger partial charge in [0.05, 0.1) is 6.10 Å². The largest absolute Gasteiger partial charge is 0.377 e. The molecule has 0 aliphatic carbocycles. The molecule has 1 fully saturated rings. The third-order valence-electron chi connectivity index (χ3n) is 3.78. The fraction of sp³-hybridized carbons (Fsp3) is 1.00. The van der Waals surface area contributed by atoms with E-state index in [4.69, 9.17) is 10.5 Å². The zero-order valence-corrected chi connectivity index (χ0v) is 11.7. The Hall–Kier alpha value is -0.160. The van der Waals surface area contributed by atoms with Crippen molar-refractivity contribution in [2.75, 3.05) is 46.9 Å². The fourth-order valence-electron chi connectivity index (χ4n) is 2.47. The Morgan fingerprint density at radius 3 is 2.59 bits per heavy atom. The SMILES string of the molecule is CCOC(CN)CCN(C)C1CCN(C)CC1. The Labute approximate surface area is 106 Å². The van der Waals surface area contributed by atoms with Gasteiger partial charge in [0, 0.05) is 25.7 Å². The van der Waals surface area contributed by atoms with Gasteiger partial charge in [0.2, 0.25) is 0 Å². The summed E-state index contributed by atoms with van der Waals surface area (Å²) in [5.74, 6) is 0. The maximum absolute atomic E-state index is 5.69. The first-order valence-corrected chi connectivity index (χ1v) is 6.87. The average Bonchev–Trinajstić information content (AvgIpc) is 2.35. The van der Waals surface area contributed by atoms with E-state index in [2.05, 4.69) is 23.9 Å². The van der Waals surface area contributed by atoms with Crippen molar-refractivity contribution in [3.05, 3.63) is 0 Å². The summed E-state index contributed by atoms with van der Waals surface area (Å²) in [6, 6.07) is 0.742. The van der Waals surface area contributed by atoms with Crippen LogP contribution in [0.25, 0.3) is 0 Å². The van der Waals surface area contributed by atoms with E-state index in [9.17, 15) is 0 Å². The summed E-state index contributed by atoms with van der Waals surface area (Å²) in [6.07, 6.45) is 3.85. The third-order valence-corrected chi connectivity index (χ3v) is 3.78. The second-order valence-electron chi connectivity index (χ2n) is 5.12. The lowest BCUT2D eigenvalue weighted by Gasteiger charge is -2.35. The van der Waals surface area contributed by atoms with Gasteiger partial charge >= 0.3 is 0 Å². The lowest BCUT2D eigenvalue weighted by atomic mass is 10.0. The summed E-state index contributed by atoms with van der Waals surface area (Å²) in [4.78, 5) is 4.89. The van der Waals surface area contributed by atoms with Gasteiger partial charge in [-0.25, -0.2) is 0 Å². The molecule has 1 unspecified atom stereocenters. The summed E-state index contributed by atoms with van der Waals surface area (Å²) in [6.45, 7) is 6.97. The number of hydrogen-bond acceptors (Lipinski definition) is 4. The molecule has 1 aliphatic rings. The van der Waals surface area contributed by atoms with E-state index in [1.165, 1.54) is 25.9 Å². The molecule has 2 N–H and O–H groups in total. The number of rotatable bonds is 7. The van der Waals surface area contributed by atoms with Gasteiger partial charge in [0.25, 0.3) is 0 Å². The zero-order valence-electron chi connectivity index (χ0n) is 11.7. The Bertz CT molecular complexity index is 193. The van der Waals surface area contributed by atoms with E-state index in [0.717, 1.165) is 25.6 Å². The molecule has 4 nitrogen and oxygen atoms in total. The summed E-state index contributed by atoms with van der Waals surface area (Å²) in [5, 5.41) is 0. The van der Waals surface area contributed by atoms with Crippen molar-refractivity contribution < 1.29 is 4.74 Å². The molecule has 0 aromatic carbocycles. The molecular formula is C13H29N3O. The highest BCUT2D eigenvalue weighted by molar-refractivity contribution is 4.77. The van der Waals surface area contributed by atoms with Crippen LogP contribution in [0.3, 0.4) is 0 Å². The van der Waals surface area contributed by atoms with Crippen molar-refractivity contribution in [3.8, 4) is 0 Å². The van der Waals surface area contributed by atoms with Crippen LogP contribution < -0.4 is 5.73 Å². The lowest BCUT2D eigenvalue weighted by molar-refractivity contribution is 0.0488. The first kappa shape index (κ1) is 14.9. The molecule has 0 bridgehead atoms. The third kappa shape index (κ3) is 5.34. The minimum absolute atomic E-state index is 0.230. The molecular weight excluding hydrogens is 214 g/mol. The van der Waals surface area contributed by atoms with Gasteiger partial charge in [-0.2, -0.15) is 0 Å². The maximum Gasteiger partial charge on any atom is 0.0709 e. The highest BCUT2D eigenvalue weighted by Gasteiger charge is 2.20. The molecule has 17 heavy (non-hydrogen) atoms. The summed E-state index contributed by atoms with van der Waals surface area (Å²) >= 11 is 0. The van der Waals surface area contributed by atoms with Crippen LogP contribution in [0.5, 0.6) is 0 Å². The molecule has 1 aliphatic heterocycles. The normalized spacial score (nSPS) is 21.0. The predicted molar refractivity (Wildman–Crippen MR) is 72.2 cm³/mol. The molecule has 0 aromatic rings. The number of nitrogens with zero attached hydrogens (tertiary/aromatic N) is 2. The van der Waals surface area contributed by atoms with Crippen LogP contribution in [0, 0.1) is 0 Å². The molecule has 102 valence electrons. The second kappa shape index (κ2) is 8.03. The Kier molecular flexibility index (Phi) is 7.04. The van der Waals surface area contributed by atoms with Crippen LogP contribution in [-0.2, 0) is 4.74 Å². The molecule has 0 aromatic heterocycles. The monoisotopic (exact) mass is 243 g/mol. The van der Waals surface area contributed by atoms with Crippen LogP contribution >= 0.6 is 0 Å². The molecule has 1 atom stereocenters. The Balaban J connectivity index is 2.21. The molecule has 1 heterocycles. The van der Waals surface area contributed by atoms with Crippen molar-refractivity contribution in [1.29, 1.82) is 0 Å². The molecule has 0 spiro atoms. The molecule has 1 rings (SSSR count). The van der Waals surface area contributed by atoms with E-state index in [1.54, 1.807) is 0 Å². The number of ether oxygens (including phenoxy) is 1. The highest BCUT2D eigenvalue weighted by Crippen LogP contribution is 2.14. The number of piperidine rings is 1.